The molecule has 0 saturated carbocycles. The van der Waals surface area contributed by atoms with E-state index in [1.165, 1.54) is 62.6 Å². The maximum atomic E-state index is 6.28. The summed E-state index contributed by atoms with van der Waals surface area (Å²) in [6.07, 6.45) is 12.0. The van der Waals surface area contributed by atoms with Gasteiger partial charge in [0.25, 0.3) is 0 Å². The highest BCUT2D eigenvalue weighted by Gasteiger charge is 2.42. The second-order valence-electron chi connectivity index (χ2n) is 11.4. The second-order valence-corrected chi connectivity index (χ2v) is 11.4. The predicted molar refractivity (Wildman–Crippen MR) is 134 cm³/mol. The molecule has 1 spiro atoms. The summed E-state index contributed by atoms with van der Waals surface area (Å²) < 4.78 is 6.28. The first-order chi connectivity index (χ1) is 16.8. The van der Waals surface area contributed by atoms with Gasteiger partial charge < -0.3 is 20.3 Å². The van der Waals surface area contributed by atoms with Crippen LogP contribution in [0.5, 0.6) is 6.01 Å². The van der Waals surface area contributed by atoms with Crippen LogP contribution in [0.3, 0.4) is 0 Å². The zero-order valence-electron chi connectivity index (χ0n) is 20.2. The molecule has 7 rings (SSSR count). The van der Waals surface area contributed by atoms with Crippen LogP contribution in [0.1, 0.15) is 67.3 Å². The third kappa shape index (κ3) is 3.70. The zero-order valence-corrected chi connectivity index (χ0v) is 20.2. The largest absolute Gasteiger partial charge is 0.462 e. The van der Waals surface area contributed by atoms with E-state index in [1.807, 2.05) is 0 Å². The van der Waals surface area contributed by atoms with E-state index < -0.39 is 0 Å². The minimum absolute atomic E-state index is 0.222. The number of anilines is 1. The summed E-state index contributed by atoms with van der Waals surface area (Å²) in [5.41, 5.74) is 5.98. The Kier molecular flexibility index (Phi) is 5.28. The first-order valence-electron chi connectivity index (χ1n) is 13.6. The molecular weight excluding hydrogens is 422 g/mol. The number of aromatic nitrogens is 2. The fourth-order valence-electron chi connectivity index (χ4n) is 7.49. The molecule has 4 atom stereocenters. The van der Waals surface area contributed by atoms with Gasteiger partial charge in [0.05, 0.1) is 5.69 Å². The first-order valence-corrected chi connectivity index (χ1v) is 13.6. The molecule has 180 valence electrons. The monoisotopic (exact) mass is 459 g/mol. The summed E-state index contributed by atoms with van der Waals surface area (Å²) in [7, 11) is 0. The van der Waals surface area contributed by atoms with Crippen molar-refractivity contribution in [3.63, 3.8) is 0 Å². The van der Waals surface area contributed by atoms with Crippen LogP contribution in [-0.2, 0) is 24.7 Å². The molecule has 1 unspecified atom stereocenters. The van der Waals surface area contributed by atoms with Crippen molar-refractivity contribution in [1.29, 1.82) is 0 Å². The standard InChI is InChI=1S/C28H37N5O/c1-2-8-24-19(5-1)6-3-12-28(24)13-11-23-25(15-28)31-27(34-18-22-7-4-14-29-22)32-26(23)33-16-20-9-10-21(17-33)30-20/h1-2,5,8,20-22,29-30H,3-4,6-7,9-18H2/t20-,21+,22-,28?/m0/s1. The molecule has 0 amide bonds. The van der Waals surface area contributed by atoms with Gasteiger partial charge in [-0.15, -0.1) is 0 Å². The number of piperazine rings is 1. The Morgan fingerprint density at radius 1 is 1.00 bits per heavy atom. The van der Waals surface area contributed by atoms with Gasteiger partial charge in [0.2, 0.25) is 0 Å². The lowest BCUT2D eigenvalue weighted by Crippen LogP contribution is -2.52. The number of nitrogens with one attached hydrogen (secondary N) is 2. The molecule has 2 N–H and O–H groups in total. The molecule has 1 aromatic carbocycles. The highest BCUT2D eigenvalue weighted by molar-refractivity contribution is 5.54. The highest BCUT2D eigenvalue weighted by atomic mass is 16.5. The third-order valence-electron chi connectivity index (χ3n) is 9.19. The van der Waals surface area contributed by atoms with E-state index in [9.17, 15) is 0 Å². The Morgan fingerprint density at radius 2 is 1.88 bits per heavy atom. The lowest BCUT2D eigenvalue weighted by atomic mass is 9.62. The van der Waals surface area contributed by atoms with Gasteiger partial charge in [-0.1, -0.05) is 24.3 Å². The average Bonchev–Trinajstić information content (AvgIpc) is 3.51. The van der Waals surface area contributed by atoms with Crippen LogP contribution in [-0.4, -0.2) is 54.3 Å². The van der Waals surface area contributed by atoms with E-state index in [2.05, 4.69) is 39.8 Å². The number of hydrogen-bond acceptors (Lipinski definition) is 6. The molecule has 5 aliphatic rings. The molecule has 3 aliphatic heterocycles. The lowest BCUT2D eigenvalue weighted by molar-refractivity contribution is 0.252. The number of benzene rings is 1. The Balaban J connectivity index is 1.24. The number of fused-ring (bicyclic) bond motifs is 5. The van der Waals surface area contributed by atoms with E-state index in [0.717, 1.165) is 38.3 Å². The fourth-order valence-corrected chi connectivity index (χ4v) is 7.49. The van der Waals surface area contributed by atoms with E-state index in [1.54, 1.807) is 11.1 Å². The molecule has 1 aromatic heterocycles. The predicted octanol–water partition coefficient (Wildman–Crippen LogP) is 3.31. The second kappa shape index (κ2) is 8.49. The quantitative estimate of drug-likeness (QED) is 0.732. The van der Waals surface area contributed by atoms with E-state index in [-0.39, 0.29) is 5.41 Å². The van der Waals surface area contributed by atoms with Crippen molar-refractivity contribution in [2.45, 2.75) is 87.7 Å². The van der Waals surface area contributed by atoms with Gasteiger partial charge in [0.1, 0.15) is 12.4 Å². The maximum Gasteiger partial charge on any atom is 0.318 e. The highest BCUT2D eigenvalue weighted by Crippen LogP contribution is 2.47. The smallest absolute Gasteiger partial charge is 0.318 e. The van der Waals surface area contributed by atoms with Crippen molar-refractivity contribution < 1.29 is 4.74 Å². The fraction of sp³-hybridized carbons (Fsp3) is 0.643. The third-order valence-corrected chi connectivity index (χ3v) is 9.19. The van der Waals surface area contributed by atoms with Crippen LogP contribution >= 0.6 is 0 Å². The lowest BCUT2D eigenvalue weighted by Gasteiger charge is -2.43. The molecule has 2 bridgehead atoms. The number of aryl methyl sites for hydroxylation is 1. The average molecular weight is 460 g/mol. The summed E-state index contributed by atoms with van der Waals surface area (Å²) in [4.78, 5) is 12.7. The van der Waals surface area contributed by atoms with Crippen molar-refractivity contribution in [2.75, 3.05) is 31.1 Å². The van der Waals surface area contributed by atoms with E-state index in [4.69, 9.17) is 14.7 Å². The van der Waals surface area contributed by atoms with Gasteiger partial charge in [-0.3, -0.25) is 0 Å². The van der Waals surface area contributed by atoms with Crippen LogP contribution in [0, 0.1) is 0 Å². The summed E-state index contributed by atoms with van der Waals surface area (Å²) >= 11 is 0. The van der Waals surface area contributed by atoms with Gasteiger partial charge >= 0.3 is 6.01 Å². The molecule has 6 heteroatoms. The van der Waals surface area contributed by atoms with Gasteiger partial charge in [-0.2, -0.15) is 9.97 Å². The van der Waals surface area contributed by atoms with E-state index >= 15 is 0 Å². The SMILES string of the molecule is c1ccc2c(c1)CCCC21CCc2c(nc(OC[C@@H]3CCCN3)nc2N2C[C@H]3CC[C@@H](C2)N3)C1. The van der Waals surface area contributed by atoms with E-state index in [0.29, 0.717) is 30.7 Å². The van der Waals surface area contributed by atoms with Crippen LogP contribution in [0.25, 0.3) is 0 Å². The first kappa shape index (κ1) is 21.1. The number of hydrogen-bond donors (Lipinski definition) is 2. The maximum absolute atomic E-state index is 6.28. The van der Waals surface area contributed by atoms with Crippen LogP contribution in [0.2, 0.25) is 0 Å². The number of ether oxygens (including phenoxy) is 1. The van der Waals surface area contributed by atoms with Gasteiger partial charge in [-0.05, 0) is 81.9 Å². The summed E-state index contributed by atoms with van der Waals surface area (Å²) in [6, 6.07) is 11.4. The molecule has 4 heterocycles. The van der Waals surface area contributed by atoms with Crippen molar-refractivity contribution >= 4 is 5.82 Å². The minimum Gasteiger partial charge on any atom is -0.462 e. The molecule has 34 heavy (non-hydrogen) atoms. The van der Waals surface area contributed by atoms with Crippen molar-refractivity contribution in [3.8, 4) is 6.01 Å². The van der Waals surface area contributed by atoms with Crippen molar-refractivity contribution in [1.82, 2.24) is 20.6 Å². The van der Waals surface area contributed by atoms with Gasteiger partial charge in [0.15, 0.2) is 0 Å². The summed E-state index contributed by atoms with van der Waals surface area (Å²) in [5, 5.41) is 7.33. The normalized spacial score (nSPS) is 32.0. The Labute approximate surface area is 202 Å². The summed E-state index contributed by atoms with van der Waals surface area (Å²) in [6.45, 7) is 3.86. The Hall–Kier alpha value is -2.18. The van der Waals surface area contributed by atoms with Crippen molar-refractivity contribution in [2.24, 2.45) is 0 Å². The number of rotatable bonds is 4. The van der Waals surface area contributed by atoms with Crippen molar-refractivity contribution in [3.05, 3.63) is 46.6 Å². The number of nitrogens with zero attached hydrogens (tertiary/aromatic N) is 3. The molecule has 2 aromatic rings. The Morgan fingerprint density at radius 3 is 2.74 bits per heavy atom. The van der Waals surface area contributed by atoms with Crippen LogP contribution < -0.4 is 20.3 Å². The molecule has 2 aliphatic carbocycles. The minimum atomic E-state index is 0.222. The molecule has 6 nitrogen and oxygen atoms in total. The van der Waals surface area contributed by atoms with Gasteiger partial charge in [0, 0.05) is 42.2 Å². The Bertz CT molecular complexity index is 1050. The molecule has 0 radical (unpaired) electrons. The molecule has 3 fully saturated rings. The molecular formula is C28H37N5O. The van der Waals surface area contributed by atoms with Gasteiger partial charge in [-0.25, -0.2) is 0 Å². The molecule has 3 saturated heterocycles. The topological polar surface area (TPSA) is 62.3 Å². The van der Waals surface area contributed by atoms with Crippen LogP contribution in [0.4, 0.5) is 5.82 Å². The van der Waals surface area contributed by atoms with Crippen LogP contribution in [0.15, 0.2) is 24.3 Å². The summed E-state index contributed by atoms with van der Waals surface area (Å²) in [5.74, 6) is 1.16. The zero-order chi connectivity index (χ0) is 22.5.